The first-order valence-corrected chi connectivity index (χ1v) is 15.4. The molecule has 2 atom stereocenters. The maximum atomic E-state index is 13.1. The van der Waals surface area contributed by atoms with Crippen molar-refractivity contribution in [2.24, 2.45) is 17.8 Å². The molecule has 3 rings (SSSR count). The molecule has 2 aliphatic rings. The first kappa shape index (κ1) is 28.9. The molecule has 0 bridgehead atoms. The summed E-state index contributed by atoms with van der Waals surface area (Å²) < 4.78 is 40.9. The molecule has 0 spiro atoms. The highest BCUT2D eigenvalue weighted by Gasteiger charge is 2.38. The highest BCUT2D eigenvalue weighted by Crippen LogP contribution is 2.35. The molecule has 2 saturated heterocycles. The molecule has 204 valence electrons. The molecular weight excluding hydrogens is 478 g/mol. The molecule has 1 aromatic carbocycles. The van der Waals surface area contributed by atoms with Crippen molar-refractivity contribution in [1.82, 2.24) is 15.4 Å². The Labute approximate surface area is 217 Å². The summed E-state index contributed by atoms with van der Waals surface area (Å²) in [7, 11) is -3.36. The van der Waals surface area contributed by atoms with Gasteiger partial charge in [0.2, 0.25) is 10.0 Å². The van der Waals surface area contributed by atoms with Crippen LogP contribution in [0.1, 0.15) is 65.2 Å². The summed E-state index contributed by atoms with van der Waals surface area (Å²) in [6, 6.07) is 7.14. The Hall–Kier alpha value is -1.68. The Morgan fingerprint density at radius 2 is 1.61 bits per heavy atom. The summed E-state index contributed by atoms with van der Waals surface area (Å²) in [5, 5.41) is 6.87. The fourth-order valence-corrected chi connectivity index (χ4v) is 7.04. The molecule has 0 saturated carbocycles. The van der Waals surface area contributed by atoms with Gasteiger partial charge >= 0.3 is 5.97 Å². The van der Waals surface area contributed by atoms with Gasteiger partial charge in [0, 0.05) is 12.5 Å². The van der Waals surface area contributed by atoms with Crippen molar-refractivity contribution < 1.29 is 22.7 Å². The minimum atomic E-state index is -3.36. The van der Waals surface area contributed by atoms with Gasteiger partial charge in [0.15, 0.2) is 11.5 Å². The van der Waals surface area contributed by atoms with E-state index in [-0.39, 0.29) is 23.7 Å². The summed E-state index contributed by atoms with van der Waals surface area (Å²) in [5.74, 6) is 1.76. The zero-order chi connectivity index (χ0) is 25.8. The van der Waals surface area contributed by atoms with Crippen molar-refractivity contribution in [3.63, 3.8) is 0 Å². The van der Waals surface area contributed by atoms with E-state index in [0.29, 0.717) is 42.8 Å². The van der Waals surface area contributed by atoms with Gasteiger partial charge in [0.05, 0.1) is 12.4 Å². The van der Waals surface area contributed by atoms with Crippen molar-refractivity contribution in [2.45, 2.75) is 71.3 Å². The van der Waals surface area contributed by atoms with Crippen LogP contribution in [0.15, 0.2) is 24.3 Å². The van der Waals surface area contributed by atoms with Crippen LogP contribution >= 0.6 is 0 Å². The molecule has 9 heteroatoms. The van der Waals surface area contributed by atoms with E-state index in [1.807, 2.05) is 25.1 Å². The number of hydrogen-bond donors (Lipinski definition) is 3. The molecule has 0 aliphatic carbocycles. The van der Waals surface area contributed by atoms with E-state index < -0.39 is 10.0 Å². The average molecular weight is 524 g/mol. The summed E-state index contributed by atoms with van der Waals surface area (Å²) >= 11 is 0. The van der Waals surface area contributed by atoms with Crippen molar-refractivity contribution in [3.05, 3.63) is 24.3 Å². The van der Waals surface area contributed by atoms with Crippen LogP contribution in [-0.4, -0.2) is 59.0 Å². The fourth-order valence-electron chi connectivity index (χ4n) is 5.47. The number of hydrogen-bond acceptors (Lipinski definition) is 7. The zero-order valence-corrected chi connectivity index (χ0v) is 22.8. The third-order valence-electron chi connectivity index (χ3n) is 7.49. The lowest BCUT2D eigenvalue weighted by Gasteiger charge is -2.41. The third-order valence-corrected chi connectivity index (χ3v) is 8.95. The van der Waals surface area contributed by atoms with Crippen LogP contribution < -0.4 is 24.8 Å². The molecule has 0 radical (unpaired) electrons. The topological polar surface area (TPSA) is 106 Å². The van der Waals surface area contributed by atoms with E-state index in [1.54, 1.807) is 13.0 Å². The van der Waals surface area contributed by atoms with Gasteiger partial charge in [-0.1, -0.05) is 32.4 Å². The summed E-state index contributed by atoms with van der Waals surface area (Å²) in [4.78, 5) is 11.8. The summed E-state index contributed by atoms with van der Waals surface area (Å²) in [5.41, 5.74) is 0. The number of sulfonamides is 1. The number of esters is 1. The van der Waals surface area contributed by atoms with Crippen LogP contribution in [0.2, 0.25) is 0 Å². The molecular formula is C27H45N3O5S. The van der Waals surface area contributed by atoms with E-state index in [1.165, 1.54) is 0 Å². The van der Waals surface area contributed by atoms with Crippen LogP contribution in [0, 0.1) is 17.8 Å². The predicted octanol–water partition coefficient (Wildman–Crippen LogP) is 3.47. The van der Waals surface area contributed by atoms with E-state index in [9.17, 15) is 13.2 Å². The average Bonchev–Trinajstić information content (AvgIpc) is 2.90. The molecule has 36 heavy (non-hydrogen) atoms. The Balaban J connectivity index is 1.78. The lowest BCUT2D eigenvalue weighted by Crippen LogP contribution is -2.52. The number of rotatable bonds is 14. The zero-order valence-electron chi connectivity index (χ0n) is 22.0. The largest absolute Gasteiger partial charge is 0.490 e. The lowest BCUT2D eigenvalue weighted by atomic mass is 9.73. The van der Waals surface area contributed by atoms with Gasteiger partial charge in [-0.15, -0.1) is 0 Å². The molecule has 3 N–H and O–H groups in total. The summed E-state index contributed by atoms with van der Waals surface area (Å²) in [6.45, 7) is 7.97. The Bertz CT molecular complexity index is 898. The molecule has 2 aliphatic heterocycles. The van der Waals surface area contributed by atoms with Gasteiger partial charge in [-0.3, -0.25) is 4.79 Å². The monoisotopic (exact) mass is 523 g/mol. The number of benzene rings is 1. The van der Waals surface area contributed by atoms with E-state index >= 15 is 0 Å². The van der Waals surface area contributed by atoms with E-state index in [4.69, 9.17) is 9.47 Å². The standard InChI is InChI=1S/C27H45N3O5S/c1-3-5-20-36(32,33)30-27(22-12-17-29-18-13-22)23(21-10-15-28-16-11-21)14-19-34-24-8-6-7-9-25(24)35-26(31)4-2/h6-9,21-23,27-30H,3-5,10-20H2,1-2H3. The predicted molar refractivity (Wildman–Crippen MR) is 143 cm³/mol. The van der Waals surface area contributed by atoms with Gasteiger partial charge < -0.3 is 20.1 Å². The Kier molecular flexibility index (Phi) is 12.0. The maximum absolute atomic E-state index is 13.1. The van der Waals surface area contributed by atoms with Gasteiger partial charge in [-0.25, -0.2) is 13.1 Å². The SMILES string of the molecule is CCCCS(=O)(=O)NC(C1CCNCC1)C(CCOc1ccccc1OC(=O)CC)C1CCNCC1. The van der Waals surface area contributed by atoms with Crippen LogP contribution in [0.3, 0.4) is 0 Å². The molecule has 2 heterocycles. The number of carbonyl (C=O) groups is 1. The number of nitrogens with one attached hydrogen (secondary N) is 3. The quantitative estimate of drug-likeness (QED) is 0.253. The molecule has 1 aromatic rings. The van der Waals surface area contributed by atoms with Gasteiger partial charge in [-0.05, 0) is 94.6 Å². The normalized spacial score (nSPS) is 19.5. The molecule has 0 amide bonds. The fraction of sp³-hybridized carbons (Fsp3) is 0.741. The van der Waals surface area contributed by atoms with E-state index in [0.717, 1.165) is 64.7 Å². The van der Waals surface area contributed by atoms with Crippen molar-refractivity contribution in [1.29, 1.82) is 0 Å². The number of para-hydroxylation sites is 2. The smallest absolute Gasteiger partial charge is 0.311 e. The first-order valence-electron chi connectivity index (χ1n) is 13.8. The van der Waals surface area contributed by atoms with Crippen LogP contribution in [-0.2, 0) is 14.8 Å². The van der Waals surface area contributed by atoms with Crippen molar-refractivity contribution in [2.75, 3.05) is 38.5 Å². The first-order chi connectivity index (χ1) is 17.4. The molecule has 8 nitrogen and oxygen atoms in total. The number of carbonyl (C=O) groups excluding carboxylic acids is 1. The number of ether oxygens (including phenoxy) is 2. The second-order valence-corrected chi connectivity index (χ2v) is 11.9. The van der Waals surface area contributed by atoms with E-state index in [2.05, 4.69) is 15.4 Å². The van der Waals surface area contributed by atoms with Gasteiger partial charge in [-0.2, -0.15) is 0 Å². The van der Waals surface area contributed by atoms with Crippen LogP contribution in [0.5, 0.6) is 11.5 Å². The Morgan fingerprint density at radius 1 is 1.00 bits per heavy atom. The number of unbranched alkanes of at least 4 members (excludes halogenated alkanes) is 1. The minimum Gasteiger partial charge on any atom is -0.490 e. The number of piperidine rings is 2. The molecule has 2 fully saturated rings. The highest BCUT2D eigenvalue weighted by atomic mass is 32.2. The highest BCUT2D eigenvalue weighted by molar-refractivity contribution is 7.89. The van der Waals surface area contributed by atoms with Gasteiger partial charge in [0.1, 0.15) is 0 Å². The lowest BCUT2D eigenvalue weighted by molar-refractivity contribution is -0.134. The minimum absolute atomic E-state index is 0.103. The Morgan fingerprint density at radius 3 is 2.22 bits per heavy atom. The second-order valence-electron chi connectivity index (χ2n) is 10.1. The molecule has 0 aromatic heterocycles. The van der Waals surface area contributed by atoms with Crippen LogP contribution in [0.4, 0.5) is 0 Å². The summed E-state index contributed by atoms with van der Waals surface area (Å²) in [6.07, 6.45) is 6.57. The van der Waals surface area contributed by atoms with Crippen LogP contribution in [0.25, 0.3) is 0 Å². The second kappa shape index (κ2) is 14.9. The third kappa shape index (κ3) is 9.01. The van der Waals surface area contributed by atoms with Crippen molar-refractivity contribution >= 4 is 16.0 Å². The maximum Gasteiger partial charge on any atom is 0.311 e. The van der Waals surface area contributed by atoms with Gasteiger partial charge in [0.25, 0.3) is 0 Å². The van der Waals surface area contributed by atoms with Crippen molar-refractivity contribution in [3.8, 4) is 11.5 Å². The molecule has 2 unspecified atom stereocenters.